The highest BCUT2D eigenvalue weighted by Crippen LogP contribution is 2.28. The molecule has 0 radical (unpaired) electrons. The number of amides is 1. The highest BCUT2D eigenvalue weighted by atomic mass is 19.1. The number of piperidine rings is 1. The average molecular weight is 338 g/mol. The number of carbonyl (C=O) groups is 1. The fraction of sp³-hybridized carbons (Fsp3) is 0.688. The van der Waals surface area contributed by atoms with Gasteiger partial charge in [0.1, 0.15) is 5.67 Å². The van der Waals surface area contributed by atoms with Gasteiger partial charge in [-0.3, -0.25) is 4.79 Å². The minimum atomic E-state index is -1.38. The summed E-state index contributed by atoms with van der Waals surface area (Å²) in [7, 11) is 1.55. The third-order valence-electron chi connectivity index (χ3n) is 4.65. The number of aromatic nitrogens is 2. The number of methoxy groups -OCH3 is 1. The topological polar surface area (TPSA) is 76.6 Å². The lowest BCUT2D eigenvalue weighted by Crippen LogP contribution is -2.49. The number of hydrogen-bond donors (Lipinski definition) is 1. The van der Waals surface area contributed by atoms with Crippen LogP contribution in [0.2, 0.25) is 0 Å². The summed E-state index contributed by atoms with van der Waals surface area (Å²) in [4.78, 5) is 22.4. The second kappa shape index (κ2) is 7.29. The molecule has 0 aromatic carbocycles. The predicted molar refractivity (Wildman–Crippen MR) is 85.8 cm³/mol. The van der Waals surface area contributed by atoms with Gasteiger partial charge in [-0.25, -0.2) is 9.37 Å². The van der Waals surface area contributed by atoms with Gasteiger partial charge in [0.25, 0.3) is 0 Å². The van der Waals surface area contributed by atoms with Crippen molar-refractivity contribution >= 4 is 11.9 Å². The summed E-state index contributed by atoms with van der Waals surface area (Å²) in [5.74, 6) is 0.786. The van der Waals surface area contributed by atoms with Gasteiger partial charge in [-0.05, 0) is 6.42 Å². The molecular weight excluding hydrogens is 315 g/mol. The van der Waals surface area contributed by atoms with E-state index >= 15 is 0 Å². The first kappa shape index (κ1) is 16.9. The fourth-order valence-electron chi connectivity index (χ4n) is 3.01. The van der Waals surface area contributed by atoms with Gasteiger partial charge in [0.15, 0.2) is 0 Å². The predicted octanol–water partition coefficient (Wildman–Crippen LogP) is 0.946. The van der Waals surface area contributed by atoms with Gasteiger partial charge in [0.05, 0.1) is 26.2 Å². The largest absolute Gasteiger partial charge is 0.481 e. The van der Waals surface area contributed by atoms with E-state index in [-0.39, 0.29) is 18.4 Å². The number of halogens is 1. The lowest BCUT2D eigenvalue weighted by Gasteiger charge is -2.36. The molecule has 2 aliphatic heterocycles. The van der Waals surface area contributed by atoms with E-state index in [0.29, 0.717) is 57.4 Å². The first-order chi connectivity index (χ1) is 11.6. The molecule has 3 rings (SSSR count). The molecule has 2 saturated heterocycles. The summed E-state index contributed by atoms with van der Waals surface area (Å²) in [6.07, 6.45) is 3.00. The summed E-state index contributed by atoms with van der Waals surface area (Å²) < 4.78 is 25.2. The molecule has 0 aliphatic carbocycles. The van der Waals surface area contributed by atoms with E-state index in [1.54, 1.807) is 19.4 Å². The number of anilines is 1. The Kier molecular flexibility index (Phi) is 5.13. The third kappa shape index (κ3) is 3.92. The molecule has 2 aliphatic rings. The Labute approximate surface area is 140 Å². The highest BCUT2D eigenvalue weighted by Gasteiger charge is 2.36. The van der Waals surface area contributed by atoms with E-state index in [9.17, 15) is 9.18 Å². The maximum atomic E-state index is 14.9. The van der Waals surface area contributed by atoms with Crippen molar-refractivity contribution in [2.45, 2.75) is 24.9 Å². The smallest absolute Gasteiger partial charge is 0.228 e. The lowest BCUT2D eigenvalue weighted by atomic mass is 9.93. The molecule has 24 heavy (non-hydrogen) atoms. The van der Waals surface area contributed by atoms with Crippen LogP contribution in [-0.2, 0) is 9.53 Å². The lowest BCUT2D eigenvalue weighted by molar-refractivity contribution is -0.125. The Hall–Kier alpha value is -1.96. The van der Waals surface area contributed by atoms with E-state index < -0.39 is 5.67 Å². The molecule has 132 valence electrons. The van der Waals surface area contributed by atoms with Crippen molar-refractivity contribution in [1.29, 1.82) is 0 Å². The summed E-state index contributed by atoms with van der Waals surface area (Å²) in [5, 5.41) is 2.74. The van der Waals surface area contributed by atoms with E-state index in [2.05, 4.69) is 15.3 Å². The Morgan fingerprint density at radius 2 is 2.33 bits per heavy atom. The number of rotatable bonds is 5. The fourth-order valence-corrected chi connectivity index (χ4v) is 3.01. The second-order valence-corrected chi connectivity index (χ2v) is 6.32. The van der Waals surface area contributed by atoms with Crippen molar-refractivity contribution in [2.75, 3.05) is 44.9 Å². The zero-order chi connectivity index (χ0) is 17.0. The highest BCUT2D eigenvalue weighted by molar-refractivity contribution is 5.79. The number of ether oxygens (including phenoxy) is 2. The van der Waals surface area contributed by atoms with Crippen LogP contribution in [0.15, 0.2) is 12.3 Å². The Balaban J connectivity index is 1.50. The number of nitrogens with zero attached hydrogens (tertiary/aromatic N) is 3. The van der Waals surface area contributed by atoms with Gasteiger partial charge in [0.2, 0.25) is 17.7 Å². The molecule has 0 bridgehead atoms. The number of alkyl halides is 1. The van der Waals surface area contributed by atoms with Crippen molar-refractivity contribution < 1.29 is 18.7 Å². The maximum absolute atomic E-state index is 14.9. The van der Waals surface area contributed by atoms with Crippen LogP contribution >= 0.6 is 0 Å². The minimum Gasteiger partial charge on any atom is -0.481 e. The normalized spacial score (nSPS) is 23.1. The summed E-state index contributed by atoms with van der Waals surface area (Å²) in [6.45, 7) is 2.10. The summed E-state index contributed by atoms with van der Waals surface area (Å²) in [5.41, 5.74) is -1.38. The molecule has 1 aromatic rings. The molecule has 0 saturated carbocycles. The van der Waals surface area contributed by atoms with Crippen molar-refractivity contribution in [3.63, 3.8) is 0 Å². The van der Waals surface area contributed by atoms with Crippen LogP contribution in [0.1, 0.15) is 19.3 Å². The van der Waals surface area contributed by atoms with E-state index in [1.807, 2.05) is 4.90 Å². The summed E-state index contributed by atoms with van der Waals surface area (Å²) >= 11 is 0. The molecule has 2 fully saturated rings. The average Bonchev–Trinajstić information content (AvgIpc) is 3.15. The zero-order valence-electron chi connectivity index (χ0n) is 13.8. The van der Waals surface area contributed by atoms with Crippen molar-refractivity contribution in [3.8, 4) is 5.88 Å². The minimum absolute atomic E-state index is 0.0507. The van der Waals surface area contributed by atoms with Crippen LogP contribution in [0.25, 0.3) is 0 Å². The second-order valence-electron chi connectivity index (χ2n) is 6.32. The first-order valence-electron chi connectivity index (χ1n) is 8.26. The Morgan fingerprint density at radius 1 is 1.54 bits per heavy atom. The van der Waals surface area contributed by atoms with E-state index in [4.69, 9.17) is 9.47 Å². The van der Waals surface area contributed by atoms with Gasteiger partial charge in [0, 0.05) is 44.8 Å². The first-order valence-corrected chi connectivity index (χ1v) is 8.26. The standard InChI is InChI=1S/C16H23FN4O3/c1-23-13-2-6-18-15(20-13)21-7-4-16(17,5-8-21)11-19-14(22)12-3-9-24-10-12/h2,6,12H,3-5,7-11H2,1H3,(H,19,22). The molecule has 1 amide bonds. The molecule has 1 atom stereocenters. The van der Waals surface area contributed by atoms with Gasteiger partial charge in [-0.15, -0.1) is 0 Å². The van der Waals surface area contributed by atoms with Crippen LogP contribution in [0, 0.1) is 5.92 Å². The van der Waals surface area contributed by atoms with Crippen molar-refractivity contribution in [3.05, 3.63) is 12.3 Å². The van der Waals surface area contributed by atoms with Crippen LogP contribution in [0.5, 0.6) is 5.88 Å². The SMILES string of the molecule is COc1ccnc(N2CCC(F)(CNC(=O)C3CCOC3)CC2)n1. The molecular formula is C16H23FN4O3. The summed E-state index contributed by atoms with van der Waals surface area (Å²) in [6, 6.07) is 1.68. The zero-order valence-corrected chi connectivity index (χ0v) is 13.8. The molecule has 3 heterocycles. The quantitative estimate of drug-likeness (QED) is 0.861. The van der Waals surface area contributed by atoms with E-state index in [1.165, 1.54) is 0 Å². The number of hydrogen-bond acceptors (Lipinski definition) is 6. The van der Waals surface area contributed by atoms with Gasteiger partial charge in [-0.1, -0.05) is 0 Å². The van der Waals surface area contributed by atoms with Crippen LogP contribution in [-0.4, -0.2) is 61.5 Å². The molecule has 1 unspecified atom stereocenters. The van der Waals surface area contributed by atoms with Gasteiger partial charge < -0.3 is 19.7 Å². The molecule has 0 spiro atoms. The van der Waals surface area contributed by atoms with Crippen LogP contribution in [0.4, 0.5) is 10.3 Å². The number of nitrogens with one attached hydrogen (secondary N) is 1. The Bertz CT molecular complexity index is 572. The molecule has 8 heteroatoms. The van der Waals surface area contributed by atoms with Gasteiger partial charge >= 0.3 is 0 Å². The molecule has 7 nitrogen and oxygen atoms in total. The Morgan fingerprint density at radius 3 is 3.00 bits per heavy atom. The van der Waals surface area contributed by atoms with Crippen molar-refractivity contribution in [1.82, 2.24) is 15.3 Å². The van der Waals surface area contributed by atoms with E-state index in [0.717, 1.165) is 0 Å². The third-order valence-corrected chi connectivity index (χ3v) is 4.65. The van der Waals surface area contributed by atoms with Gasteiger partial charge in [-0.2, -0.15) is 4.98 Å². The molecule has 1 N–H and O–H groups in total. The maximum Gasteiger partial charge on any atom is 0.228 e. The number of carbonyl (C=O) groups excluding carboxylic acids is 1. The van der Waals surface area contributed by atoms with Crippen LogP contribution in [0.3, 0.4) is 0 Å². The monoisotopic (exact) mass is 338 g/mol. The van der Waals surface area contributed by atoms with Crippen LogP contribution < -0.4 is 15.0 Å². The molecule has 1 aromatic heterocycles. The van der Waals surface area contributed by atoms with Crippen molar-refractivity contribution in [2.24, 2.45) is 5.92 Å².